The first kappa shape index (κ1) is 28.7. The summed E-state index contributed by atoms with van der Waals surface area (Å²) in [5, 5.41) is 0. The van der Waals surface area contributed by atoms with Crippen LogP contribution in [0.15, 0.2) is 48.5 Å². The average molecular weight is 678 g/mol. The zero-order valence-electron chi connectivity index (χ0n) is 20.8. The van der Waals surface area contributed by atoms with E-state index in [4.69, 9.17) is 9.47 Å². The van der Waals surface area contributed by atoms with E-state index in [-0.39, 0.29) is 42.4 Å². The van der Waals surface area contributed by atoms with Crippen molar-refractivity contribution in [2.24, 2.45) is 0 Å². The van der Waals surface area contributed by atoms with Crippen molar-refractivity contribution in [1.82, 2.24) is 0 Å². The smallest absolute Gasteiger partial charge is 0.369 e. The standard InChI is InChI=1S/C29H44I2O2/c1-3-5-7-9-11-13-23-32-28-19-15-26(16-20-28)30-25-31-27-17-21-29(22-18-27)33-24-14-12-10-8-6-4-2/h15-22H,3-14,23-25H2,1-2H3/q+2. The van der Waals surface area contributed by atoms with Crippen LogP contribution in [0.2, 0.25) is 0 Å². The lowest BCUT2D eigenvalue weighted by molar-refractivity contribution is -0.834. The van der Waals surface area contributed by atoms with Gasteiger partial charge in [0.05, 0.1) is 13.2 Å². The molecule has 0 radical (unpaired) electrons. The summed E-state index contributed by atoms with van der Waals surface area (Å²) in [4.78, 5) is 0. The van der Waals surface area contributed by atoms with Crippen LogP contribution in [0.5, 0.6) is 11.5 Å². The van der Waals surface area contributed by atoms with Gasteiger partial charge in [-0.05, 0) is 61.4 Å². The van der Waals surface area contributed by atoms with E-state index in [1.165, 1.54) is 86.6 Å². The molecule has 0 spiro atoms. The molecule has 0 aliphatic carbocycles. The predicted molar refractivity (Wildman–Crippen MR) is 133 cm³/mol. The Morgan fingerprint density at radius 3 is 1.24 bits per heavy atom. The van der Waals surface area contributed by atoms with Gasteiger partial charge >= 0.3 is 44.8 Å². The lowest BCUT2D eigenvalue weighted by atomic mass is 10.1. The van der Waals surface area contributed by atoms with E-state index in [1.807, 2.05) is 0 Å². The highest BCUT2D eigenvalue weighted by Crippen LogP contribution is 2.11. The minimum Gasteiger partial charge on any atom is -0.494 e. The molecule has 0 saturated heterocycles. The van der Waals surface area contributed by atoms with Crippen LogP contribution in [0.3, 0.4) is 0 Å². The predicted octanol–water partition coefficient (Wildman–Crippen LogP) is 2.34. The molecule has 0 aliphatic rings. The number of hydrogen-bond donors (Lipinski definition) is 0. The summed E-state index contributed by atoms with van der Waals surface area (Å²) in [5.74, 6) is 2.06. The molecule has 4 heteroatoms. The van der Waals surface area contributed by atoms with E-state index in [0.29, 0.717) is 0 Å². The quantitative estimate of drug-likeness (QED) is 0.122. The van der Waals surface area contributed by atoms with Gasteiger partial charge in [0.15, 0.2) is 7.14 Å². The first-order valence-corrected chi connectivity index (χ1v) is 18.2. The van der Waals surface area contributed by atoms with Gasteiger partial charge in [0.1, 0.15) is 11.5 Å². The van der Waals surface area contributed by atoms with Crippen molar-refractivity contribution in [2.75, 3.05) is 15.6 Å². The lowest BCUT2D eigenvalue weighted by Gasteiger charge is -2.05. The molecule has 0 unspecified atom stereocenters. The Balaban J connectivity index is 1.54. The molecule has 0 saturated carbocycles. The van der Waals surface area contributed by atoms with E-state index in [2.05, 4.69) is 62.4 Å². The summed E-state index contributed by atoms with van der Waals surface area (Å²) in [6.07, 6.45) is 15.7. The van der Waals surface area contributed by atoms with Crippen LogP contribution < -0.4 is 51.9 Å². The first-order chi connectivity index (χ1) is 16.3. The fourth-order valence-corrected chi connectivity index (χ4v) is 11.5. The molecule has 2 aromatic carbocycles. The van der Waals surface area contributed by atoms with Crippen LogP contribution in [0.25, 0.3) is 0 Å². The summed E-state index contributed by atoms with van der Waals surface area (Å²) in [7, 11) is 0. The monoisotopic (exact) mass is 678 g/mol. The molecule has 0 atom stereocenters. The number of rotatable bonds is 20. The average Bonchev–Trinajstić information content (AvgIpc) is 2.85. The van der Waals surface area contributed by atoms with Gasteiger partial charge < -0.3 is 9.47 Å². The number of halogens is 2. The normalized spacial score (nSPS) is 11.0. The SMILES string of the molecule is CCCCCCCCOc1ccc([I+]C[I+]c2ccc(OCCCCCCCC)cc2)cc1. The van der Waals surface area contributed by atoms with Gasteiger partial charge in [0.25, 0.3) is 0 Å². The number of ether oxygens (including phenoxy) is 2. The summed E-state index contributed by atoms with van der Waals surface area (Å²) in [5.41, 5.74) is 0. The maximum absolute atomic E-state index is 5.92. The molecule has 2 nitrogen and oxygen atoms in total. The van der Waals surface area contributed by atoms with Crippen LogP contribution in [-0.2, 0) is 0 Å². The van der Waals surface area contributed by atoms with E-state index in [9.17, 15) is 0 Å². The molecule has 0 fully saturated rings. The molecule has 2 rings (SSSR count). The number of unbranched alkanes of at least 4 members (excludes halogenated alkanes) is 10. The van der Waals surface area contributed by atoms with Crippen molar-refractivity contribution in [2.45, 2.75) is 90.9 Å². The van der Waals surface area contributed by atoms with Crippen LogP contribution in [0.1, 0.15) is 90.9 Å². The van der Waals surface area contributed by atoms with Crippen molar-refractivity contribution >= 4 is 0 Å². The Morgan fingerprint density at radius 2 is 0.848 bits per heavy atom. The van der Waals surface area contributed by atoms with Crippen molar-refractivity contribution in [3.05, 3.63) is 55.7 Å². The third-order valence-corrected chi connectivity index (χ3v) is 13.2. The maximum Gasteiger partial charge on any atom is 0.369 e. The highest BCUT2D eigenvalue weighted by atomic mass is 127. The topological polar surface area (TPSA) is 18.5 Å². The molecule has 0 aliphatic heterocycles. The third kappa shape index (κ3) is 14.5. The van der Waals surface area contributed by atoms with Gasteiger partial charge in [0, 0.05) is 0 Å². The Bertz CT molecular complexity index is 639. The largest absolute Gasteiger partial charge is 0.494 e. The summed E-state index contributed by atoms with van der Waals surface area (Å²) < 4.78 is 16.3. The van der Waals surface area contributed by atoms with E-state index in [1.54, 1.807) is 0 Å². The van der Waals surface area contributed by atoms with Crippen LogP contribution in [-0.4, -0.2) is 15.6 Å². The van der Waals surface area contributed by atoms with Crippen LogP contribution >= 0.6 is 0 Å². The second-order valence-electron chi connectivity index (χ2n) is 8.51. The van der Waals surface area contributed by atoms with Gasteiger partial charge in [-0.15, -0.1) is 0 Å². The fourth-order valence-electron chi connectivity index (χ4n) is 3.53. The van der Waals surface area contributed by atoms with Crippen molar-refractivity contribution < 1.29 is 51.9 Å². The molecule has 184 valence electrons. The molecule has 2 aromatic rings. The van der Waals surface area contributed by atoms with Gasteiger partial charge in [-0.2, -0.15) is 0 Å². The maximum atomic E-state index is 5.92. The van der Waals surface area contributed by atoms with E-state index < -0.39 is 0 Å². The summed E-state index contributed by atoms with van der Waals surface area (Å²) in [6.45, 7) is 6.23. The molecule has 0 heterocycles. The second kappa shape index (κ2) is 19.8. The minimum atomic E-state index is 0.0973. The Morgan fingerprint density at radius 1 is 0.485 bits per heavy atom. The van der Waals surface area contributed by atoms with E-state index >= 15 is 0 Å². The molecule has 0 amide bonds. The van der Waals surface area contributed by atoms with E-state index in [0.717, 1.165) is 24.7 Å². The summed E-state index contributed by atoms with van der Waals surface area (Å²) >= 11 is 0.195. The lowest BCUT2D eigenvalue weighted by Crippen LogP contribution is -3.83. The third-order valence-electron chi connectivity index (χ3n) is 5.57. The van der Waals surface area contributed by atoms with Crippen LogP contribution in [0.4, 0.5) is 0 Å². The Kier molecular flexibility index (Phi) is 17.2. The fraction of sp³-hybridized carbons (Fsp3) is 0.586. The van der Waals surface area contributed by atoms with Crippen molar-refractivity contribution in [1.29, 1.82) is 0 Å². The molecule has 0 bridgehead atoms. The minimum absolute atomic E-state index is 0.0973. The molecular formula is C29H44I2O2+2. The Hall–Kier alpha value is -0.500. The van der Waals surface area contributed by atoms with Gasteiger partial charge in [-0.3, -0.25) is 0 Å². The first-order valence-electron chi connectivity index (χ1n) is 13.0. The van der Waals surface area contributed by atoms with Crippen molar-refractivity contribution in [3.8, 4) is 11.5 Å². The number of alkyl halides is 2. The Labute approximate surface area is 224 Å². The molecular weight excluding hydrogens is 634 g/mol. The van der Waals surface area contributed by atoms with Gasteiger partial charge in [-0.25, -0.2) is 0 Å². The zero-order valence-corrected chi connectivity index (χ0v) is 25.1. The van der Waals surface area contributed by atoms with Crippen molar-refractivity contribution in [3.63, 3.8) is 0 Å². The summed E-state index contributed by atoms with van der Waals surface area (Å²) in [6, 6.07) is 17.8. The number of benzene rings is 2. The zero-order chi connectivity index (χ0) is 23.4. The van der Waals surface area contributed by atoms with Gasteiger partial charge in [0.2, 0.25) is 0 Å². The van der Waals surface area contributed by atoms with Crippen LogP contribution in [0, 0.1) is 7.14 Å². The molecule has 33 heavy (non-hydrogen) atoms. The molecule has 0 N–H and O–H groups in total. The number of hydrogen-bond acceptors (Lipinski definition) is 2. The second-order valence-corrected chi connectivity index (χ2v) is 17.0. The highest BCUT2D eigenvalue weighted by molar-refractivity contribution is 5.21. The van der Waals surface area contributed by atoms with Gasteiger partial charge in [-0.1, -0.05) is 78.1 Å². The highest BCUT2D eigenvalue weighted by Gasteiger charge is 2.23. The molecule has 0 aromatic heterocycles.